The van der Waals surface area contributed by atoms with Gasteiger partial charge in [-0.1, -0.05) is 50.2 Å². The van der Waals surface area contributed by atoms with Crippen molar-refractivity contribution in [1.29, 1.82) is 0 Å². The third kappa shape index (κ3) is 5.42. The lowest BCUT2D eigenvalue weighted by Crippen LogP contribution is -3.14. The second-order valence-corrected chi connectivity index (χ2v) is 9.22. The fourth-order valence-electron chi connectivity index (χ4n) is 4.04. The Morgan fingerprint density at radius 3 is 2.46 bits per heavy atom. The molecular weight excluding hydrogens is 340 g/mol. The maximum Gasteiger partial charge on any atom is 0.264 e. The molecule has 26 heavy (non-hydrogen) atoms. The van der Waals surface area contributed by atoms with E-state index < -0.39 is 0 Å². The molecule has 140 valence electrons. The number of rotatable bonds is 7. The number of benzene rings is 1. The number of nitrogens with one attached hydrogen (secondary N) is 1. The van der Waals surface area contributed by atoms with Crippen LogP contribution < -0.4 is 4.90 Å². The van der Waals surface area contributed by atoms with Crippen LogP contribution in [-0.4, -0.2) is 37.0 Å². The summed E-state index contributed by atoms with van der Waals surface area (Å²) in [6.07, 6.45) is 4.06. The predicted molar refractivity (Wildman–Crippen MR) is 109 cm³/mol. The van der Waals surface area contributed by atoms with Crippen molar-refractivity contribution in [2.75, 3.05) is 26.2 Å². The van der Waals surface area contributed by atoms with Crippen LogP contribution in [0, 0.1) is 5.41 Å². The van der Waals surface area contributed by atoms with Crippen LogP contribution in [0.5, 0.6) is 0 Å². The molecule has 1 aromatic carbocycles. The highest BCUT2D eigenvalue weighted by Crippen LogP contribution is 2.21. The van der Waals surface area contributed by atoms with Gasteiger partial charge in [-0.25, -0.2) is 0 Å². The number of hydrogen-bond acceptors (Lipinski definition) is 2. The molecule has 4 heteroatoms. The van der Waals surface area contributed by atoms with Crippen LogP contribution in [0.25, 0.3) is 0 Å². The van der Waals surface area contributed by atoms with Crippen LogP contribution in [0.2, 0.25) is 0 Å². The van der Waals surface area contributed by atoms with E-state index in [2.05, 4.69) is 26.0 Å². The van der Waals surface area contributed by atoms with Gasteiger partial charge in [-0.3, -0.25) is 4.79 Å². The molecule has 0 aliphatic carbocycles. The Morgan fingerprint density at radius 2 is 1.81 bits per heavy atom. The Kier molecular flexibility index (Phi) is 6.49. The second-order valence-electron chi connectivity index (χ2n) is 8.28. The van der Waals surface area contributed by atoms with Gasteiger partial charge in [0, 0.05) is 18.5 Å². The minimum atomic E-state index is 0.106. The van der Waals surface area contributed by atoms with Crippen molar-refractivity contribution in [3.8, 4) is 0 Å². The van der Waals surface area contributed by atoms with Gasteiger partial charge in [0.1, 0.15) is 0 Å². The molecule has 3 nitrogen and oxygen atoms in total. The maximum atomic E-state index is 13.1. The van der Waals surface area contributed by atoms with E-state index in [1.807, 2.05) is 40.6 Å². The van der Waals surface area contributed by atoms with Gasteiger partial charge < -0.3 is 9.80 Å². The molecule has 3 rings (SSSR count). The summed E-state index contributed by atoms with van der Waals surface area (Å²) in [5, 5.41) is 1.98. The highest BCUT2D eigenvalue weighted by atomic mass is 32.1. The lowest BCUT2D eigenvalue weighted by atomic mass is 9.90. The number of amides is 1. The van der Waals surface area contributed by atoms with Crippen LogP contribution in [0.4, 0.5) is 0 Å². The van der Waals surface area contributed by atoms with Crippen molar-refractivity contribution in [1.82, 2.24) is 4.90 Å². The van der Waals surface area contributed by atoms with E-state index in [0.29, 0.717) is 6.54 Å². The monoisotopic (exact) mass is 371 g/mol. The van der Waals surface area contributed by atoms with Crippen LogP contribution >= 0.6 is 11.3 Å². The van der Waals surface area contributed by atoms with E-state index in [1.165, 1.54) is 49.3 Å². The largest absolute Gasteiger partial charge is 0.334 e. The molecule has 1 amide bonds. The first-order chi connectivity index (χ1) is 12.5. The van der Waals surface area contributed by atoms with Gasteiger partial charge in [0.2, 0.25) is 0 Å². The fraction of sp³-hybridized carbons (Fsp3) is 0.500. The molecule has 0 bridgehead atoms. The zero-order valence-electron chi connectivity index (χ0n) is 16.0. The summed E-state index contributed by atoms with van der Waals surface area (Å²) in [5.74, 6) is 0.158. The third-order valence-electron chi connectivity index (χ3n) is 5.14. The first-order valence-corrected chi connectivity index (χ1v) is 10.6. The zero-order valence-corrected chi connectivity index (χ0v) is 16.9. The van der Waals surface area contributed by atoms with Crippen molar-refractivity contribution in [2.45, 2.75) is 39.7 Å². The number of thiophene rings is 1. The molecule has 1 N–H and O–H groups in total. The van der Waals surface area contributed by atoms with E-state index in [-0.39, 0.29) is 11.3 Å². The number of hydrogen-bond donors (Lipinski definition) is 1. The molecule has 1 aliphatic heterocycles. The molecule has 1 fully saturated rings. The molecule has 1 aromatic heterocycles. The van der Waals surface area contributed by atoms with Gasteiger partial charge in [-0.15, -0.1) is 11.3 Å². The Balaban J connectivity index is 1.72. The lowest BCUT2D eigenvalue weighted by Gasteiger charge is -2.36. The third-order valence-corrected chi connectivity index (χ3v) is 6.00. The number of likely N-dealkylation sites (tertiary alicyclic amines) is 1. The summed E-state index contributed by atoms with van der Waals surface area (Å²) in [6.45, 7) is 9.79. The Hall–Kier alpha value is -1.65. The summed E-state index contributed by atoms with van der Waals surface area (Å²) >= 11 is 1.54. The Labute approximate surface area is 161 Å². The average molecular weight is 372 g/mol. The summed E-state index contributed by atoms with van der Waals surface area (Å²) in [5.41, 5.74) is 1.30. The normalized spacial score (nSPS) is 15.8. The van der Waals surface area contributed by atoms with Crippen molar-refractivity contribution < 1.29 is 9.69 Å². The minimum Gasteiger partial charge on any atom is -0.334 e. The lowest BCUT2D eigenvalue weighted by molar-refractivity contribution is -0.911. The smallest absolute Gasteiger partial charge is 0.264 e. The van der Waals surface area contributed by atoms with Gasteiger partial charge >= 0.3 is 0 Å². The number of carbonyl (C=O) groups excluding carboxylic acids is 1. The van der Waals surface area contributed by atoms with Crippen molar-refractivity contribution >= 4 is 17.2 Å². The van der Waals surface area contributed by atoms with E-state index in [4.69, 9.17) is 0 Å². The molecule has 0 atom stereocenters. The Morgan fingerprint density at radius 1 is 1.08 bits per heavy atom. The molecule has 0 spiro atoms. The highest BCUT2D eigenvalue weighted by Gasteiger charge is 2.31. The summed E-state index contributed by atoms with van der Waals surface area (Å²) in [4.78, 5) is 17.7. The van der Waals surface area contributed by atoms with Crippen LogP contribution in [0.15, 0.2) is 47.8 Å². The molecule has 2 heterocycles. The highest BCUT2D eigenvalue weighted by molar-refractivity contribution is 7.12. The van der Waals surface area contributed by atoms with Crippen molar-refractivity contribution in [3.63, 3.8) is 0 Å². The van der Waals surface area contributed by atoms with E-state index in [1.54, 1.807) is 4.90 Å². The van der Waals surface area contributed by atoms with Gasteiger partial charge in [0.05, 0.1) is 24.5 Å². The van der Waals surface area contributed by atoms with E-state index in [0.717, 1.165) is 18.0 Å². The minimum absolute atomic E-state index is 0.106. The number of carbonyl (C=O) groups is 1. The predicted octanol–water partition coefficient (Wildman–Crippen LogP) is 3.49. The zero-order chi connectivity index (χ0) is 18.4. The number of quaternary nitrogens is 1. The van der Waals surface area contributed by atoms with Crippen LogP contribution in [0.1, 0.15) is 48.3 Å². The first-order valence-electron chi connectivity index (χ1n) is 9.74. The van der Waals surface area contributed by atoms with E-state index >= 15 is 0 Å². The van der Waals surface area contributed by atoms with Crippen LogP contribution in [-0.2, 0) is 6.54 Å². The topological polar surface area (TPSA) is 24.8 Å². The SMILES string of the molecule is CC(C)(CN(Cc1ccccc1)C(=O)c1cccs1)C[NH+]1CCCCC1. The summed E-state index contributed by atoms with van der Waals surface area (Å²) in [7, 11) is 0. The molecule has 1 aliphatic rings. The summed E-state index contributed by atoms with van der Waals surface area (Å²) in [6, 6.07) is 14.2. The molecular formula is C22H31N2OS+. The number of piperidine rings is 1. The van der Waals surface area contributed by atoms with Crippen molar-refractivity contribution in [3.05, 3.63) is 58.3 Å². The van der Waals surface area contributed by atoms with Gasteiger partial charge in [0.15, 0.2) is 0 Å². The quantitative estimate of drug-likeness (QED) is 0.792. The molecule has 1 saturated heterocycles. The van der Waals surface area contributed by atoms with Gasteiger partial charge in [-0.2, -0.15) is 0 Å². The Bertz CT molecular complexity index is 675. The fourth-order valence-corrected chi connectivity index (χ4v) is 4.73. The maximum absolute atomic E-state index is 13.1. The standard InChI is InChI=1S/C22H30N2OS/c1-22(2,17-23-13-7-4-8-14-23)18-24(16-19-10-5-3-6-11-19)21(25)20-12-9-15-26-20/h3,5-6,9-12,15H,4,7-8,13-14,16-18H2,1-2H3/p+1. The number of nitrogens with zero attached hydrogens (tertiary/aromatic N) is 1. The first kappa shape index (κ1) is 19.1. The van der Waals surface area contributed by atoms with Gasteiger partial charge in [0.25, 0.3) is 5.91 Å². The van der Waals surface area contributed by atoms with E-state index in [9.17, 15) is 4.79 Å². The molecule has 0 unspecified atom stereocenters. The molecule has 0 radical (unpaired) electrons. The average Bonchev–Trinajstić information content (AvgIpc) is 3.16. The summed E-state index contributed by atoms with van der Waals surface area (Å²) < 4.78 is 0. The second kappa shape index (κ2) is 8.83. The van der Waals surface area contributed by atoms with Crippen molar-refractivity contribution in [2.24, 2.45) is 5.41 Å². The molecule has 2 aromatic rings. The van der Waals surface area contributed by atoms with Crippen LogP contribution in [0.3, 0.4) is 0 Å². The van der Waals surface area contributed by atoms with Gasteiger partial charge in [-0.05, 0) is 36.3 Å². The molecule has 0 saturated carbocycles.